The Balaban J connectivity index is 2.32. The Hall–Kier alpha value is -0.860. The van der Waals surface area contributed by atoms with Gasteiger partial charge in [-0.25, -0.2) is 0 Å². The van der Waals surface area contributed by atoms with Crippen molar-refractivity contribution in [3.05, 3.63) is 0 Å². The molecule has 1 N–H and O–H groups in total. The Labute approximate surface area is 78.9 Å². The van der Waals surface area contributed by atoms with Crippen LogP contribution in [0.5, 0.6) is 0 Å². The molecule has 0 aromatic heterocycles. The first kappa shape index (κ1) is 10.2. The topological polar surface area (TPSA) is 46.2 Å². The molecule has 1 fully saturated rings. The van der Waals surface area contributed by atoms with Gasteiger partial charge < -0.3 is 5.32 Å². The normalized spacial score (nSPS) is 17.7. The van der Waals surface area contributed by atoms with Gasteiger partial charge in [0.25, 0.3) is 5.91 Å². The first-order chi connectivity index (χ1) is 6.06. The predicted molar refractivity (Wildman–Crippen MR) is 50.2 cm³/mol. The molecule has 0 radical (unpaired) electrons. The third-order valence-corrected chi connectivity index (χ3v) is 3.04. The molecule has 1 aliphatic carbocycles. The molecule has 74 valence electrons. The lowest BCUT2D eigenvalue weighted by atomic mass is 9.67. The zero-order valence-corrected chi connectivity index (χ0v) is 8.30. The molecule has 0 aliphatic heterocycles. The summed E-state index contributed by atoms with van der Waals surface area (Å²) in [5.74, 6) is 0.201. The van der Waals surface area contributed by atoms with E-state index in [4.69, 9.17) is 0 Å². The molecule has 0 unspecified atom stereocenters. The Morgan fingerprint density at radius 1 is 1.54 bits per heavy atom. The summed E-state index contributed by atoms with van der Waals surface area (Å²) >= 11 is 0. The second kappa shape index (κ2) is 3.90. The SMILES string of the molecule is CC(C)(CNC(=O)C=O)C1CCC1. The molecule has 0 spiro atoms. The van der Waals surface area contributed by atoms with Crippen LogP contribution in [0.25, 0.3) is 0 Å². The average molecular weight is 183 g/mol. The molecular formula is C10H17NO2. The molecule has 0 saturated heterocycles. The zero-order chi connectivity index (χ0) is 9.90. The summed E-state index contributed by atoms with van der Waals surface area (Å²) in [6.07, 6.45) is 4.14. The summed E-state index contributed by atoms with van der Waals surface area (Å²) in [5, 5.41) is 2.61. The standard InChI is InChI=1S/C10H17NO2/c1-10(2,8-4-3-5-8)7-11-9(13)6-12/h6,8H,3-5,7H2,1-2H3,(H,11,13). The van der Waals surface area contributed by atoms with Crippen molar-refractivity contribution >= 4 is 12.2 Å². The minimum absolute atomic E-state index is 0.136. The fourth-order valence-electron chi connectivity index (χ4n) is 1.69. The summed E-state index contributed by atoms with van der Waals surface area (Å²) < 4.78 is 0. The first-order valence-electron chi connectivity index (χ1n) is 4.79. The van der Waals surface area contributed by atoms with Gasteiger partial charge >= 0.3 is 0 Å². The molecule has 13 heavy (non-hydrogen) atoms. The van der Waals surface area contributed by atoms with Crippen molar-refractivity contribution < 1.29 is 9.59 Å². The number of nitrogens with one attached hydrogen (secondary N) is 1. The maximum Gasteiger partial charge on any atom is 0.284 e. The molecule has 0 bridgehead atoms. The van der Waals surface area contributed by atoms with Crippen LogP contribution in [0, 0.1) is 11.3 Å². The summed E-state index contributed by atoms with van der Waals surface area (Å²) in [4.78, 5) is 20.8. The number of hydrogen-bond donors (Lipinski definition) is 1. The molecule has 1 aliphatic rings. The van der Waals surface area contributed by atoms with Crippen LogP contribution in [0.2, 0.25) is 0 Å². The van der Waals surface area contributed by atoms with Gasteiger partial charge in [0.05, 0.1) is 0 Å². The van der Waals surface area contributed by atoms with Gasteiger partial charge in [-0.05, 0) is 24.2 Å². The van der Waals surface area contributed by atoms with Crippen LogP contribution < -0.4 is 5.32 Å². The fraction of sp³-hybridized carbons (Fsp3) is 0.800. The molecule has 0 aromatic carbocycles. The molecule has 1 rings (SSSR count). The van der Waals surface area contributed by atoms with Gasteiger partial charge in [0.15, 0.2) is 0 Å². The lowest BCUT2D eigenvalue weighted by Crippen LogP contribution is -2.41. The van der Waals surface area contributed by atoms with E-state index in [1.165, 1.54) is 19.3 Å². The molecule has 0 atom stereocenters. The first-order valence-corrected chi connectivity index (χ1v) is 4.79. The van der Waals surface area contributed by atoms with Gasteiger partial charge in [0, 0.05) is 6.54 Å². The Kier molecular flexibility index (Phi) is 3.07. The van der Waals surface area contributed by atoms with Gasteiger partial charge in [-0.3, -0.25) is 9.59 Å². The number of aldehydes is 1. The number of carbonyl (C=O) groups excluding carboxylic acids is 2. The summed E-state index contributed by atoms with van der Waals surface area (Å²) in [7, 11) is 0. The maximum absolute atomic E-state index is 10.7. The third kappa shape index (κ3) is 2.54. The van der Waals surface area contributed by atoms with Gasteiger partial charge in [-0.1, -0.05) is 20.3 Å². The summed E-state index contributed by atoms with van der Waals surface area (Å²) in [5.41, 5.74) is 0.136. The quantitative estimate of drug-likeness (QED) is 0.524. The van der Waals surface area contributed by atoms with E-state index in [1.807, 2.05) is 0 Å². The monoisotopic (exact) mass is 183 g/mol. The van der Waals surface area contributed by atoms with Gasteiger partial charge in [-0.15, -0.1) is 0 Å². The van der Waals surface area contributed by atoms with Crippen LogP contribution in [0.1, 0.15) is 33.1 Å². The highest BCUT2D eigenvalue weighted by molar-refractivity contribution is 6.23. The van der Waals surface area contributed by atoms with Gasteiger partial charge in [-0.2, -0.15) is 0 Å². The lowest BCUT2D eigenvalue weighted by molar-refractivity contribution is -0.131. The van der Waals surface area contributed by atoms with Crippen molar-refractivity contribution in [3.8, 4) is 0 Å². The van der Waals surface area contributed by atoms with E-state index in [1.54, 1.807) is 0 Å². The maximum atomic E-state index is 10.7. The number of carbonyl (C=O) groups is 2. The Morgan fingerprint density at radius 2 is 2.15 bits per heavy atom. The number of amides is 1. The molecule has 1 amide bonds. The van der Waals surface area contributed by atoms with Crippen molar-refractivity contribution in [1.82, 2.24) is 5.32 Å². The van der Waals surface area contributed by atoms with Crippen LogP contribution in [0.4, 0.5) is 0 Å². The Bertz CT molecular complexity index is 207. The molecule has 3 nitrogen and oxygen atoms in total. The molecule has 0 aromatic rings. The second-order valence-electron chi connectivity index (χ2n) is 4.45. The zero-order valence-electron chi connectivity index (χ0n) is 8.30. The van der Waals surface area contributed by atoms with Crippen LogP contribution in [0.15, 0.2) is 0 Å². The minimum Gasteiger partial charge on any atom is -0.349 e. The molecule has 3 heteroatoms. The number of hydrogen-bond acceptors (Lipinski definition) is 2. The van der Waals surface area contributed by atoms with Crippen molar-refractivity contribution in [2.24, 2.45) is 11.3 Å². The van der Waals surface area contributed by atoms with E-state index in [2.05, 4.69) is 19.2 Å². The third-order valence-electron chi connectivity index (χ3n) is 3.04. The van der Waals surface area contributed by atoms with Crippen molar-refractivity contribution in [2.75, 3.05) is 6.54 Å². The van der Waals surface area contributed by atoms with Gasteiger partial charge in [0.2, 0.25) is 6.29 Å². The molecule has 0 heterocycles. The van der Waals surface area contributed by atoms with E-state index in [0.717, 1.165) is 0 Å². The molecular weight excluding hydrogens is 166 g/mol. The van der Waals surface area contributed by atoms with Gasteiger partial charge in [0.1, 0.15) is 0 Å². The van der Waals surface area contributed by atoms with Crippen LogP contribution in [-0.2, 0) is 9.59 Å². The lowest BCUT2D eigenvalue weighted by Gasteiger charge is -2.40. The average Bonchev–Trinajstić information content (AvgIpc) is 1.96. The fourth-order valence-corrected chi connectivity index (χ4v) is 1.69. The summed E-state index contributed by atoms with van der Waals surface area (Å²) in [6.45, 7) is 4.89. The smallest absolute Gasteiger partial charge is 0.284 e. The van der Waals surface area contributed by atoms with Crippen LogP contribution in [-0.4, -0.2) is 18.7 Å². The molecule has 1 saturated carbocycles. The highest BCUT2D eigenvalue weighted by Gasteiger charge is 2.33. The van der Waals surface area contributed by atoms with Crippen molar-refractivity contribution in [2.45, 2.75) is 33.1 Å². The van der Waals surface area contributed by atoms with E-state index in [9.17, 15) is 9.59 Å². The second-order valence-corrected chi connectivity index (χ2v) is 4.45. The van der Waals surface area contributed by atoms with Crippen LogP contribution in [0.3, 0.4) is 0 Å². The van der Waals surface area contributed by atoms with Crippen molar-refractivity contribution in [1.29, 1.82) is 0 Å². The van der Waals surface area contributed by atoms with E-state index < -0.39 is 5.91 Å². The van der Waals surface area contributed by atoms with E-state index >= 15 is 0 Å². The Morgan fingerprint density at radius 3 is 2.54 bits per heavy atom. The van der Waals surface area contributed by atoms with Crippen molar-refractivity contribution in [3.63, 3.8) is 0 Å². The predicted octanol–water partition coefficient (Wildman–Crippen LogP) is 1.13. The van der Waals surface area contributed by atoms with E-state index in [-0.39, 0.29) is 5.41 Å². The highest BCUT2D eigenvalue weighted by atomic mass is 16.2. The highest BCUT2D eigenvalue weighted by Crippen LogP contribution is 2.40. The van der Waals surface area contributed by atoms with Crippen LogP contribution >= 0.6 is 0 Å². The van der Waals surface area contributed by atoms with E-state index in [0.29, 0.717) is 18.7 Å². The minimum atomic E-state index is -0.507. The summed E-state index contributed by atoms with van der Waals surface area (Å²) in [6, 6.07) is 0. The number of rotatable bonds is 4. The largest absolute Gasteiger partial charge is 0.349 e.